The number of aromatic nitrogens is 3. The van der Waals surface area contributed by atoms with Crippen LogP contribution in [0.3, 0.4) is 0 Å². The summed E-state index contributed by atoms with van der Waals surface area (Å²) in [6.45, 7) is 3.64. The highest BCUT2D eigenvalue weighted by Gasteiger charge is 2.49. The molecule has 6 aliphatic heterocycles. The zero-order chi connectivity index (χ0) is 30.0. The number of halogens is 3. The molecule has 11 heteroatoms. The Kier molecular flexibility index (Phi) is 7.12. The number of benzene rings is 1. The summed E-state index contributed by atoms with van der Waals surface area (Å²) < 4.78 is 37.4. The summed E-state index contributed by atoms with van der Waals surface area (Å²) in [6, 6.07) is 5.62. The second kappa shape index (κ2) is 11.1. The van der Waals surface area contributed by atoms with Crippen LogP contribution in [0, 0.1) is 11.7 Å². The monoisotopic (exact) mass is 622 g/mol. The third-order valence-corrected chi connectivity index (χ3v) is 11.2. The van der Waals surface area contributed by atoms with E-state index in [1.165, 1.54) is 0 Å². The van der Waals surface area contributed by atoms with Crippen LogP contribution in [0.2, 0.25) is 5.02 Å². The van der Waals surface area contributed by atoms with Crippen molar-refractivity contribution < 1.29 is 18.3 Å². The van der Waals surface area contributed by atoms with Crippen LogP contribution in [0.1, 0.15) is 56.9 Å². The molecule has 9 rings (SSSR count). The van der Waals surface area contributed by atoms with Gasteiger partial charge in [-0.25, -0.2) is 8.78 Å². The smallest absolute Gasteiger partial charge is 0.319 e. The van der Waals surface area contributed by atoms with E-state index in [2.05, 4.69) is 24.7 Å². The first-order chi connectivity index (χ1) is 21.4. The molecule has 2 aromatic heterocycles. The molecule has 0 unspecified atom stereocenters. The van der Waals surface area contributed by atoms with E-state index >= 15 is 4.39 Å². The second-order valence-electron chi connectivity index (χ2n) is 13.3. The molecule has 0 spiro atoms. The number of rotatable bonds is 3. The van der Waals surface area contributed by atoms with Gasteiger partial charge in [-0.05, 0) is 69.0 Å². The molecule has 3 aromatic rings. The first-order valence-corrected chi connectivity index (χ1v) is 16.5. The van der Waals surface area contributed by atoms with Crippen molar-refractivity contribution in [2.75, 3.05) is 44.2 Å². The number of carbonyl (C=O) groups excluding carboxylic acids is 1. The van der Waals surface area contributed by atoms with Gasteiger partial charge < -0.3 is 14.5 Å². The Hall–Kier alpha value is -3.11. The fraction of sp³-hybridized carbons (Fsp3) is 0.576. The average molecular weight is 623 g/mol. The Morgan fingerprint density at radius 3 is 2.84 bits per heavy atom. The molecule has 1 aromatic carbocycles. The number of piperidine rings is 1. The van der Waals surface area contributed by atoms with Crippen molar-refractivity contribution in [3.63, 3.8) is 0 Å². The zero-order valence-corrected chi connectivity index (χ0v) is 25.5. The number of nitrogens with zero attached hydrogens (tertiary/aromatic N) is 6. The van der Waals surface area contributed by atoms with Crippen LogP contribution >= 0.6 is 11.6 Å². The molecule has 0 radical (unpaired) electrons. The van der Waals surface area contributed by atoms with Crippen LogP contribution in [0.5, 0.6) is 6.01 Å². The normalized spacial score (nSPS) is 28.7. The molecule has 8 nitrogen and oxygen atoms in total. The maximum absolute atomic E-state index is 16.7. The molecule has 4 atom stereocenters. The number of pyridine rings is 1. The minimum absolute atomic E-state index is 0.0803. The lowest BCUT2D eigenvalue weighted by atomic mass is 9.91. The Bertz CT molecular complexity index is 1620. The first kappa shape index (κ1) is 28.4. The predicted molar refractivity (Wildman–Crippen MR) is 164 cm³/mol. The van der Waals surface area contributed by atoms with E-state index in [0.29, 0.717) is 60.1 Å². The van der Waals surface area contributed by atoms with Crippen molar-refractivity contribution in [2.24, 2.45) is 5.92 Å². The minimum Gasteiger partial charge on any atom is -0.461 e. The summed E-state index contributed by atoms with van der Waals surface area (Å²) in [5, 5.41) is 1.06. The molecular formula is C33H37ClF2N6O2. The Morgan fingerprint density at radius 2 is 1.93 bits per heavy atom. The molecule has 6 bridgehead atoms. The minimum atomic E-state index is -0.879. The van der Waals surface area contributed by atoms with Crippen LogP contribution in [0.25, 0.3) is 22.2 Å². The first-order valence-electron chi connectivity index (χ1n) is 16.1. The molecule has 8 heterocycles. The standard InChI is InChI=1S/C33H37ClF2N6O2/c34-25-7-3-6-23-22(25)5-1-2-8-27(43)42-14-10-20-9-13-40(18-26(20)42)31-24-16-37-29(23)28(36)30(24)38-32(39-31)44-19-33-11-4-12-41(33)17-21(35)15-33/h3,6-7,16,20-21,26H,1-2,4-5,8-15,17-19H2/t20-,21-,26-,33+/m1/s1. The molecule has 232 valence electrons. The number of alkyl halides is 1. The van der Waals surface area contributed by atoms with Crippen molar-refractivity contribution in [3.8, 4) is 17.3 Å². The van der Waals surface area contributed by atoms with Crippen molar-refractivity contribution in [1.29, 1.82) is 0 Å². The largest absolute Gasteiger partial charge is 0.461 e. The van der Waals surface area contributed by atoms with Crippen LogP contribution in [-0.2, 0) is 11.2 Å². The Balaban J connectivity index is 1.25. The summed E-state index contributed by atoms with van der Waals surface area (Å²) >= 11 is 6.67. The van der Waals surface area contributed by atoms with Gasteiger partial charge in [0.1, 0.15) is 29.8 Å². The van der Waals surface area contributed by atoms with Crippen molar-refractivity contribution in [3.05, 3.63) is 40.8 Å². The van der Waals surface area contributed by atoms with Gasteiger partial charge in [-0.1, -0.05) is 23.7 Å². The van der Waals surface area contributed by atoms with Crippen molar-refractivity contribution in [2.45, 2.75) is 75.5 Å². The van der Waals surface area contributed by atoms with E-state index in [-0.39, 0.29) is 41.3 Å². The summed E-state index contributed by atoms with van der Waals surface area (Å²) in [5.41, 5.74) is 1.39. The Morgan fingerprint density at radius 1 is 1.07 bits per heavy atom. The summed E-state index contributed by atoms with van der Waals surface area (Å²) in [7, 11) is 0. The molecule has 44 heavy (non-hydrogen) atoms. The Labute approximate surface area is 260 Å². The van der Waals surface area contributed by atoms with Gasteiger partial charge in [0.25, 0.3) is 0 Å². The molecule has 6 aliphatic rings. The maximum atomic E-state index is 16.7. The number of anilines is 1. The van der Waals surface area contributed by atoms with Crippen LogP contribution in [0.15, 0.2) is 24.4 Å². The highest BCUT2D eigenvalue weighted by molar-refractivity contribution is 6.31. The maximum Gasteiger partial charge on any atom is 0.319 e. The molecule has 0 aliphatic carbocycles. The lowest BCUT2D eigenvalue weighted by Gasteiger charge is -2.39. The molecule has 0 saturated carbocycles. The lowest BCUT2D eigenvalue weighted by Crippen LogP contribution is -2.50. The van der Waals surface area contributed by atoms with Crippen molar-refractivity contribution in [1.82, 2.24) is 24.8 Å². The van der Waals surface area contributed by atoms with Crippen LogP contribution in [-0.4, -0.2) is 87.7 Å². The summed E-state index contributed by atoms with van der Waals surface area (Å²) in [5.74, 6) is 0.662. The van der Waals surface area contributed by atoms with E-state index < -0.39 is 12.0 Å². The summed E-state index contributed by atoms with van der Waals surface area (Å²) in [6.07, 6.45) is 7.57. The molecule has 0 N–H and O–H groups in total. The van der Waals surface area contributed by atoms with Gasteiger partial charge in [0.2, 0.25) is 5.91 Å². The third kappa shape index (κ3) is 4.71. The van der Waals surface area contributed by atoms with E-state index in [1.54, 1.807) is 12.3 Å². The van der Waals surface area contributed by atoms with Gasteiger partial charge in [0.05, 0.1) is 17.0 Å². The fourth-order valence-corrected chi connectivity index (χ4v) is 8.83. The number of hydrogen-bond acceptors (Lipinski definition) is 7. The molecular weight excluding hydrogens is 586 g/mol. The molecule has 1 amide bonds. The van der Waals surface area contributed by atoms with Gasteiger partial charge in [-0.3, -0.25) is 14.7 Å². The van der Waals surface area contributed by atoms with Crippen molar-refractivity contribution >= 4 is 34.2 Å². The number of ether oxygens (including phenoxy) is 1. The van der Waals surface area contributed by atoms with E-state index in [1.807, 2.05) is 12.1 Å². The van der Waals surface area contributed by atoms with Crippen LogP contribution in [0.4, 0.5) is 14.6 Å². The van der Waals surface area contributed by atoms with E-state index in [4.69, 9.17) is 21.3 Å². The average Bonchev–Trinajstić information content (AvgIpc) is 3.70. The number of carbonyl (C=O) groups is 1. The van der Waals surface area contributed by atoms with E-state index in [9.17, 15) is 9.18 Å². The molecule has 4 saturated heterocycles. The fourth-order valence-electron chi connectivity index (χ4n) is 8.56. The van der Waals surface area contributed by atoms with Gasteiger partial charge >= 0.3 is 6.01 Å². The van der Waals surface area contributed by atoms with Crippen LogP contribution < -0.4 is 9.64 Å². The zero-order valence-electron chi connectivity index (χ0n) is 24.8. The van der Waals surface area contributed by atoms with E-state index in [0.717, 1.165) is 63.7 Å². The van der Waals surface area contributed by atoms with Gasteiger partial charge in [0, 0.05) is 55.8 Å². The lowest BCUT2D eigenvalue weighted by molar-refractivity contribution is -0.132. The van der Waals surface area contributed by atoms with Gasteiger partial charge in [-0.2, -0.15) is 9.97 Å². The SMILES string of the molecule is O=C1CCCCc2c(Cl)cccc2-c2ncc3c(nc(OC[C@@]45CCCN4C[C@H](F)C5)nc3c2F)N2CC[C@@H]3CCN1[C@@H]3C2. The number of fused-ring (bicyclic) bond motifs is 6. The number of amides is 1. The number of hydrogen-bond donors (Lipinski definition) is 0. The highest BCUT2D eigenvalue weighted by atomic mass is 35.5. The molecule has 4 fully saturated rings. The third-order valence-electron chi connectivity index (χ3n) is 10.8. The quantitative estimate of drug-likeness (QED) is 0.377. The topological polar surface area (TPSA) is 74.7 Å². The van der Waals surface area contributed by atoms with Gasteiger partial charge in [0.15, 0.2) is 5.82 Å². The highest BCUT2D eigenvalue weighted by Crippen LogP contribution is 2.42. The second-order valence-corrected chi connectivity index (χ2v) is 13.7. The van der Waals surface area contributed by atoms with Gasteiger partial charge in [-0.15, -0.1) is 0 Å². The summed E-state index contributed by atoms with van der Waals surface area (Å²) in [4.78, 5) is 34.0. The predicted octanol–water partition coefficient (Wildman–Crippen LogP) is 5.59.